The highest BCUT2D eigenvalue weighted by molar-refractivity contribution is 7.70. The Bertz CT molecular complexity index is 1160. The normalized spacial score (nSPS) is 27.8. The SMILES string of the molecule is CC1=C(c2ccccc2)P2C[C@]1(C)[C@@H](c1ccccc1)[C@@H]2C(N)c1ccc(C(C)(C)C)cc1. The number of hydrogen-bond acceptors (Lipinski definition) is 1. The van der Waals surface area contributed by atoms with E-state index >= 15 is 0 Å². The second-order valence-electron chi connectivity index (χ2n) is 11.2. The van der Waals surface area contributed by atoms with E-state index in [0.717, 1.165) is 0 Å². The van der Waals surface area contributed by atoms with Crippen molar-refractivity contribution in [3.8, 4) is 0 Å². The number of rotatable bonds is 4. The van der Waals surface area contributed by atoms with Gasteiger partial charge in [0.25, 0.3) is 0 Å². The third-order valence-corrected chi connectivity index (χ3v) is 11.6. The number of benzene rings is 3. The van der Waals surface area contributed by atoms with E-state index in [-0.39, 0.29) is 24.8 Å². The molecule has 2 N–H and O–H groups in total. The number of allylic oxidation sites excluding steroid dienone is 1. The van der Waals surface area contributed by atoms with Gasteiger partial charge in [-0.2, -0.15) is 0 Å². The van der Waals surface area contributed by atoms with E-state index in [9.17, 15) is 0 Å². The zero-order valence-electron chi connectivity index (χ0n) is 20.5. The van der Waals surface area contributed by atoms with Crippen LogP contribution in [-0.2, 0) is 5.41 Å². The quantitative estimate of drug-likeness (QED) is 0.397. The average Bonchev–Trinajstić information content (AvgIpc) is 3.26. The Kier molecular flexibility index (Phi) is 5.63. The Morgan fingerprint density at radius 2 is 1.45 bits per heavy atom. The Balaban J connectivity index is 1.61. The third kappa shape index (κ3) is 3.71. The lowest BCUT2D eigenvalue weighted by Gasteiger charge is -2.42. The fourth-order valence-electron chi connectivity index (χ4n) is 6.19. The van der Waals surface area contributed by atoms with Crippen molar-refractivity contribution >= 4 is 13.2 Å². The lowest BCUT2D eigenvalue weighted by atomic mass is 9.67. The lowest BCUT2D eigenvalue weighted by Crippen LogP contribution is -2.36. The summed E-state index contributed by atoms with van der Waals surface area (Å²) in [5.41, 5.74) is 15.0. The van der Waals surface area contributed by atoms with Crippen LogP contribution in [0.2, 0.25) is 0 Å². The van der Waals surface area contributed by atoms with Gasteiger partial charge in [0, 0.05) is 23.0 Å². The fourth-order valence-corrected chi connectivity index (χ4v) is 10.6. The van der Waals surface area contributed by atoms with Gasteiger partial charge in [-0.25, -0.2) is 0 Å². The van der Waals surface area contributed by atoms with E-state index < -0.39 is 0 Å². The third-order valence-electron chi connectivity index (χ3n) is 8.12. The van der Waals surface area contributed by atoms with Crippen molar-refractivity contribution in [2.75, 3.05) is 6.16 Å². The summed E-state index contributed by atoms with van der Waals surface area (Å²) in [4.78, 5) is 0. The van der Waals surface area contributed by atoms with E-state index in [1.54, 1.807) is 10.9 Å². The molecule has 170 valence electrons. The molecule has 5 atom stereocenters. The molecule has 3 aromatic rings. The molecule has 33 heavy (non-hydrogen) atoms. The molecule has 0 spiro atoms. The number of nitrogens with two attached hydrogens (primary N) is 1. The zero-order valence-corrected chi connectivity index (χ0v) is 21.4. The molecule has 0 amide bonds. The highest BCUT2D eigenvalue weighted by atomic mass is 31.1. The maximum absolute atomic E-state index is 7.21. The molecule has 2 aliphatic rings. The number of fused-ring (bicyclic) bond motifs is 2. The van der Waals surface area contributed by atoms with Gasteiger partial charge >= 0.3 is 0 Å². The molecule has 2 bridgehead atoms. The maximum atomic E-state index is 7.21. The molecule has 0 radical (unpaired) electrons. The Labute approximate surface area is 200 Å². The first-order valence-electron chi connectivity index (χ1n) is 12.2. The summed E-state index contributed by atoms with van der Waals surface area (Å²) in [6.45, 7) is 11.7. The van der Waals surface area contributed by atoms with Gasteiger partial charge in [0.05, 0.1) is 0 Å². The first-order valence-corrected chi connectivity index (χ1v) is 13.8. The Morgan fingerprint density at radius 3 is 2.03 bits per heavy atom. The highest BCUT2D eigenvalue weighted by Crippen LogP contribution is 2.79. The predicted octanol–water partition coefficient (Wildman–Crippen LogP) is 8.08. The van der Waals surface area contributed by atoms with Crippen LogP contribution in [0.5, 0.6) is 0 Å². The Morgan fingerprint density at radius 1 is 0.879 bits per heavy atom. The summed E-state index contributed by atoms with van der Waals surface area (Å²) < 4.78 is 0. The molecular weight excluding hydrogens is 417 g/mol. The van der Waals surface area contributed by atoms with Gasteiger partial charge < -0.3 is 5.73 Å². The van der Waals surface area contributed by atoms with Crippen LogP contribution in [0.25, 0.3) is 5.31 Å². The smallest absolute Gasteiger partial charge is 0.0372 e. The standard InChI is InChI=1S/C31H36NP/c1-21-28(24-14-10-7-11-15-24)33-20-31(21,5)26(22-12-8-6-9-13-22)29(33)27(32)23-16-18-25(19-17-23)30(2,3)4/h6-19,26-27,29H,20,32H2,1-5H3/t26-,27?,29+,31-,33?/m0/s1. The summed E-state index contributed by atoms with van der Waals surface area (Å²) >= 11 is 0. The average molecular weight is 454 g/mol. The van der Waals surface area contributed by atoms with Crippen LogP contribution in [0, 0.1) is 5.41 Å². The maximum Gasteiger partial charge on any atom is 0.0372 e. The second kappa shape index (κ2) is 8.23. The van der Waals surface area contributed by atoms with Gasteiger partial charge in [-0.05, 0) is 46.1 Å². The van der Waals surface area contributed by atoms with Crippen molar-refractivity contribution < 1.29 is 0 Å². The molecule has 2 heterocycles. The minimum Gasteiger partial charge on any atom is -0.323 e. The molecule has 2 aliphatic heterocycles. The molecule has 0 saturated carbocycles. The molecule has 1 fully saturated rings. The van der Waals surface area contributed by atoms with Gasteiger partial charge in [0.15, 0.2) is 0 Å². The monoisotopic (exact) mass is 453 g/mol. The van der Waals surface area contributed by atoms with Gasteiger partial charge in [-0.1, -0.05) is 126 Å². The van der Waals surface area contributed by atoms with Crippen molar-refractivity contribution in [3.63, 3.8) is 0 Å². The topological polar surface area (TPSA) is 26.0 Å². The summed E-state index contributed by atoms with van der Waals surface area (Å²) in [5.74, 6) is 0.453. The van der Waals surface area contributed by atoms with Crippen molar-refractivity contribution in [2.45, 2.75) is 57.7 Å². The molecule has 1 saturated heterocycles. The number of hydrogen-bond donors (Lipinski definition) is 1. The van der Waals surface area contributed by atoms with Crippen molar-refractivity contribution in [1.82, 2.24) is 0 Å². The first-order chi connectivity index (χ1) is 15.7. The fraction of sp³-hybridized carbons (Fsp3) is 0.355. The molecule has 0 aliphatic carbocycles. The largest absolute Gasteiger partial charge is 0.323 e. The van der Waals surface area contributed by atoms with Crippen molar-refractivity contribution in [3.05, 3.63) is 113 Å². The second-order valence-corrected chi connectivity index (χ2v) is 13.5. The van der Waals surface area contributed by atoms with E-state index in [0.29, 0.717) is 11.6 Å². The van der Waals surface area contributed by atoms with E-state index in [2.05, 4.69) is 120 Å². The van der Waals surface area contributed by atoms with E-state index in [1.807, 2.05) is 0 Å². The molecule has 2 heteroatoms. The highest BCUT2D eigenvalue weighted by Gasteiger charge is 2.59. The minimum atomic E-state index is -0.361. The zero-order chi connectivity index (χ0) is 23.4. The lowest BCUT2D eigenvalue weighted by molar-refractivity contribution is 0.353. The summed E-state index contributed by atoms with van der Waals surface area (Å²) in [6, 6.07) is 31.4. The molecular formula is C31H36NP. The van der Waals surface area contributed by atoms with Crippen LogP contribution in [0.15, 0.2) is 90.5 Å². The van der Waals surface area contributed by atoms with Crippen LogP contribution < -0.4 is 5.73 Å². The molecule has 2 unspecified atom stereocenters. The van der Waals surface area contributed by atoms with Crippen LogP contribution in [-0.4, -0.2) is 11.8 Å². The van der Waals surface area contributed by atoms with Gasteiger partial charge in [0.1, 0.15) is 0 Å². The first kappa shape index (κ1) is 22.6. The molecule has 3 aromatic carbocycles. The molecule has 5 rings (SSSR count). The molecule has 1 nitrogen and oxygen atoms in total. The minimum absolute atomic E-state index is 0.0315. The predicted molar refractivity (Wildman–Crippen MR) is 144 cm³/mol. The summed E-state index contributed by atoms with van der Waals surface area (Å²) in [5, 5.41) is 1.60. The summed E-state index contributed by atoms with van der Waals surface area (Å²) in [7, 11) is -0.361. The van der Waals surface area contributed by atoms with Gasteiger partial charge in [0.2, 0.25) is 0 Å². The van der Waals surface area contributed by atoms with Crippen LogP contribution in [0.1, 0.15) is 68.8 Å². The van der Waals surface area contributed by atoms with Crippen LogP contribution >= 0.6 is 7.92 Å². The summed E-state index contributed by atoms with van der Waals surface area (Å²) in [6.07, 6.45) is 1.25. The van der Waals surface area contributed by atoms with E-state index in [4.69, 9.17) is 5.73 Å². The van der Waals surface area contributed by atoms with Gasteiger partial charge in [-0.15, -0.1) is 0 Å². The molecule has 0 aromatic heterocycles. The Hall–Kier alpha value is -2.21. The van der Waals surface area contributed by atoms with Crippen LogP contribution in [0.4, 0.5) is 0 Å². The van der Waals surface area contributed by atoms with Gasteiger partial charge in [-0.3, -0.25) is 0 Å². The van der Waals surface area contributed by atoms with E-state index in [1.165, 1.54) is 28.4 Å². The van der Waals surface area contributed by atoms with Crippen LogP contribution in [0.3, 0.4) is 0 Å². The van der Waals surface area contributed by atoms with Crippen molar-refractivity contribution in [1.29, 1.82) is 0 Å². The van der Waals surface area contributed by atoms with Crippen molar-refractivity contribution in [2.24, 2.45) is 11.1 Å².